The van der Waals surface area contributed by atoms with E-state index in [4.69, 9.17) is 16.6 Å². The molecule has 0 saturated carbocycles. The lowest BCUT2D eigenvalue weighted by Crippen LogP contribution is -2.38. The van der Waals surface area contributed by atoms with Gasteiger partial charge in [-0.3, -0.25) is 9.36 Å². The van der Waals surface area contributed by atoms with E-state index in [-0.39, 0.29) is 17.4 Å². The van der Waals surface area contributed by atoms with Gasteiger partial charge in [0, 0.05) is 10.6 Å². The second-order valence-electron chi connectivity index (χ2n) is 8.19. The SMILES string of the molecule is O=c1/c(=C/c2ccccc2Cl)sc2n1[C@H](c1ccc(F)cc1)C1=C(N=2)c2ccccc2CC1. The van der Waals surface area contributed by atoms with E-state index in [1.807, 2.05) is 36.4 Å². The molecule has 3 nitrogen and oxygen atoms in total. The van der Waals surface area contributed by atoms with Crippen molar-refractivity contribution in [3.8, 4) is 0 Å². The second kappa shape index (κ2) is 7.94. The van der Waals surface area contributed by atoms with Crippen molar-refractivity contribution in [2.45, 2.75) is 18.9 Å². The van der Waals surface area contributed by atoms with Crippen LogP contribution in [0.25, 0.3) is 11.8 Å². The van der Waals surface area contributed by atoms with E-state index in [2.05, 4.69) is 12.1 Å². The average Bonchev–Trinajstić information content (AvgIpc) is 3.14. The van der Waals surface area contributed by atoms with Crippen LogP contribution in [0.5, 0.6) is 0 Å². The van der Waals surface area contributed by atoms with E-state index in [0.717, 1.165) is 40.8 Å². The van der Waals surface area contributed by atoms with Gasteiger partial charge in [-0.05, 0) is 59.4 Å². The van der Waals surface area contributed by atoms with Crippen molar-refractivity contribution in [1.82, 2.24) is 4.57 Å². The first kappa shape index (κ1) is 20.3. The van der Waals surface area contributed by atoms with Gasteiger partial charge in [-0.25, -0.2) is 9.38 Å². The molecule has 0 amide bonds. The number of nitrogens with zero attached hydrogens (tertiary/aromatic N) is 2. The first-order valence-electron chi connectivity index (χ1n) is 10.7. The van der Waals surface area contributed by atoms with Crippen molar-refractivity contribution < 1.29 is 4.39 Å². The summed E-state index contributed by atoms with van der Waals surface area (Å²) in [5.74, 6) is -0.298. The monoisotopic (exact) mass is 472 g/mol. The Morgan fingerprint density at radius 1 is 1.00 bits per heavy atom. The van der Waals surface area contributed by atoms with E-state index in [9.17, 15) is 9.18 Å². The molecule has 162 valence electrons. The summed E-state index contributed by atoms with van der Waals surface area (Å²) in [6, 6.07) is 21.8. The number of fused-ring (bicyclic) bond motifs is 3. The minimum Gasteiger partial charge on any atom is -0.272 e. The van der Waals surface area contributed by atoms with Gasteiger partial charge >= 0.3 is 0 Å². The first-order valence-corrected chi connectivity index (χ1v) is 11.9. The fourth-order valence-electron chi connectivity index (χ4n) is 4.70. The summed E-state index contributed by atoms with van der Waals surface area (Å²) in [5.41, 5.74) is 5.94. The van der Waals surface area contributed by atoms with Crippen molar-refractivity contribution in [2.75, 3.05) is 0 Å². The number of hydrogen-bond acceptors (Lipinski definition) is 3. The molecule has 0 N–H and O–H groups in total. The van der Waals surface area contributed by atoms with Crippen LogP contribution in [0.4, 0.5) is 4.39 Å². The lowest BCUT2D eigenvalue weighted by Gasteiger charge is -2.30. The number of aromatic nitrogens is 1. The third kappa shape index (κ3) is 3.39. The van der Waals surface area contributed by atoms with Gasteiger partial charge in [-0.15, -0.1) is 0 Å². The molecular formula is C27H18ClFN2OS. The molecule has 1 aliphatic heterocycles. The fraction of sp³-hybridized carbons (Fsp3) is 0.111. The maximum absolute atomic E-state index is 13.7. The summed E-state index contributed by atoms with van der Waals surface area (Å²) < 4.78 is 16.1. The molecule has 0 radical (unpaired) electrons. The van der Waals surface area contributed by atoms with Gasteiger partial charge < -0.3 is 0 Å². The molecule has 0 spiro atoms. The van der Waals surface area contributed by atoms with Gasteiger partial charge in [0.1, 0.15) is 5.82 Å². The Morgan fingerprint density at radius 3 is 2.58 bits per heavy atom. The van der Waals surface area contributed by atoms with Crippen LogP contribution in [0.2, 0.25) is 5.02 Å². The van der Waals surface area contributed by atoms with Gasteiger partial charge in [0.2, 0.25) is 0 Å². The van der Waals surface area contributed by atoms with Crippen molar-refractivity contribution >= 4 is 34.7 Å². The quantitative estimate of drug-likeness (QED) is 0.399. The molecule has 6 rings (SSSR count). The Kier molecular flexibility index (Phi) is 4.89. The molecule has 1 aliphatic carbocycles. The summed E-state index contributed by atoms with van der Waals surface area (Å²) >= 11 is 7.70. The highest BCUT2D eigenvalue weighted by Crippen LogP contribution is 2.41. The number of hydrogen-bond donors (Lipinski definition) is 0. The summed E-state index contributed by atoms with van der Waals surface area (Å²) in [5, 5.41) is 0.589. The van der Waals surface area contributed by atoms with Gasteiger partial charge in [-0.1, -0.05) is 77.5 Å². The topological polar surface area (TPSA) is 34.4 Å². The number of allylic oxidation sites excluding steroid dienone is 1. The van der Waals surface area contributed by atoms with Crippen molar-refractivity contribution in [3.05, 3.63) is 131 Å². The van der Waals surface area contributed by atoms with Crippen LogP contribution in [0.1, 0.15) is 34.7 Å². The van der Waals surface area contributed by atoms with Crippen LogP contribution in [0, 0.1) is 5.82 Å². The van der Waals surface area contributed by atoms with E-state index < -0.39 is 0 Å². The van der Waals surface area contributed by atoms with Crippen molar-refractivity contribution in [3.63, 3.8) is 0 Å². The zero-order valence-electron chi connectivity index (χ0n) is 17.5. The number of benzene rings is 3. The van der Waals surface area contributed by atoms with Crippen LogP contribution in [0.3, 0.4) is 0 Å². The zero-order chi connectivity index (χ0) is 22.5. The number of aryl methyl sites for hydroxylation is 1. The predicted octanol–water partition coefficient (Wildman–Crippen LogP) is 5.11. The van der Waals surface area contributed by atoms with Crippen LogP contribution in [0.15, 0.2) is 88.2 Å². The largest absolute Gasteiger partial charge is 0.272 e. The maximum atomic E-state index is 13.7. The molecule has 1 atom stereocenters. The van der Waals surface area contributed by atoms with Gasteiger partial charge in [0.15, 0.2) is 4.80 Å². The highest BCUT2D eigenvalue weighted by Gasteiger charge is 2.32. The molecule has 2 aliphatic rings. The van der Waals surface area contributed by atoms with Gasteiger partial charge in [0.05, 0.1) is 16.3 Å². The molecule has 4 aromatic rings. The minimum absolute atomic E-state index is 0.113. The third-order valence-electron chi connectivity index (χ3n) is 6.25. The molecule has 6 heteroatoms. The molecule has 0 saturated heterocycles. The molecule has 0 bridgehead atoms. The molecule has 33 heavy (non-hydrogen) atoms. The molecular weight excluding hydrogens is 455 g/mol. The van der Waals surface area contributed by atoms with Crippen LogP contribution < -0.4 is 14.9 Å². The Morgan fingerprint density at radius 2 is 1.76 bits per heavy atom. The Bertz CT molecular complexity index is 1620. The summed E-state index contributed by atoms with van der Waals surface area (Å²) in [6.45, 7) is 0. The number of halogens is 2. The van der Waals surface area contributed by atoms with E-state index >= 15 is 0 Å². The average molecular weight is 473 g/mol. The van der Waals surface area contributed by atoms with Crippen LogP contribution in [-0.2, 0) is 6.42 Å². The number of rotatable bonds is 2. The standard InChI is InChI=1S/C27H18ClFN2OS/c28-22-8-4-2-6-18(22)15-23-26(32)31-25(17-9-12-19(29)13-10-17)21-14-11-16-5-1-3-7-20(16)24(21)30-27(31)33-23/h1-10,12-13,15,25H,11,14H2/b23-15-/t25-/m1/s1. The van der Waals surface area contributed by atoms with E-state index in [1.165, 1.54) is 29.0 Å². The molecule has 0 unspecified atom stereocenters. The van der Waals surface area contributed by atoms with Crippen molar-refractivity contribution in [2.24, 2.45) is 4.99 Å². The van der Waals surface area contributed by atoms with E-state index in [0.29, 0.717) is 14.4 Å². The Hall–Kier alpha value is -3.28. The smallest absolute Gasteiger partial charge is 0.271 e. The molecule has 3 aromatic carbocycles. The Balaban J connectivity index is 1.64. The number of thiazole rings is 1. The van der Waals surface area contributed by atoms with Crippen molar-refractivity contribution in [1.29, 1.82) is 0 Å². The lowest BCUT2D eigenvalue weighted by atomic mass is 9.83. The fourth-order valence-corrected chi connectivity index (χ4v) is 5.88. The maximum Gasteiger partial charge on any atom is 0.271 e. The minimum atomic E-state index is -0.321. The van der Waals surface area contributed by atoms with Crippen LogP contribution >= 0.6 is 22.9 Å². The summed E-state index contributed by atoms with van der Waals surface area (Å²) in [7, 11) is 0. The van der Waals surface area contributed by atoms with E-state index in [1.54, 1.807) is 22.8 Å². The summed E-state index contributed by atoms with van der Waals surface area (Å²) in [4.78, 5) is 19.3. The third-order valence-corrected chi connectivity index (χ3v) is 7.58. The zero-order valence-corrected chi connectivity index (χ0v) is 19.0. The van der Waals surface area contributed by atoms with Gasteiger partial charge in [0.25, 0.3) is 5.56 Å². The molecule has 1 aromatic heterocycles. The lowest BCUT2D eigenvalue weighted by molar-refractivity contribution is 0.581. The summed E-state index contributed by atoms with van der Waals surface area (Å²) in [6.07, 6.45) is 3.50. The first-order chi connectivity index (χ1) is 16.1. The molecule has 0 fully saturated rings. The normalized spacial score (nSPS) is 17.3. The molecule has 2 heterocycles. The Labute approximate surface area is 198 Å². The van der Waals surface area contributed by atoms with Crippen LogP contribution in [-0.4, -0.2) is 4.57 Å². The second-order valence-corrected chi connectivity index (χ2v) is 9.60. The highest BCUT2D eigenvalue weighted by molar-refractivity contribution is 7.07. The highest BCUT2D eigenvalue weighted by atomic mass is 35.5. The predicted molar refractivity (Wildman–Crippen MR) is 131 cm³/mol. The van der Waals surface area contributed by atoms with Gasteiger partial charge in [-0.2, -0.15) is 0 Å².